The van der Waals surface area contributed by atoms with Crippen molar-refractivity contribution in [3.8, 4) is 0 Å². The maximum absolute atomic E-state index is 7.90. The molecule has 0 rings (SSSR count). The lowest BCUT2D eigenvalue weighted by atomic mass is 10.8. The van der Waals surface area contributed by atoms with Gasteiger partial charge in [0, 0.05) is 0 Å². The van der Waals surface area contributed by atoms with Crippen LogP contribution >= 0.6 is 0 Å². The molecule has 0 atom stereocenters. The van der Waals surface area contributed by atoms with Gasteiger partial charge < -0.3 is 15.3 Å². The molecule has 3 nitrogen and oxygen atoms in total. The van der Waals surface area contributed by atoms with Crippen LogP contribution in [0, 0.1) is 7.11 Å². The van der Waals surface area contributed by atoms with Crippen LogP contribution in [0.5, 0.6) is 0 Å². The third-order valence-corrected chi connectivity index (χ3v) is 0.236. The van der Waals surface area contributed by atoms with E-state index in [1.165, 1.54) is 0 Å². The highest BCUT2D eigenvalue weighted by molar-refractivity contribution is 4.16. The van der Waals surface area contributed by atoms with Crippen molar-refractivity contribution in [2.75, 3.05) is 13.2 Å². The molecule has 0 aromatic rings. The van der Waals surface area contributed by atoms with E-state index in [1.54, 1.807) is 0 Å². The predicted octanol–water partition coefficient (Wildman–Crippen LogP) is -1.04. The quantitative estimate of drug-likeness (QED) is 0.474. The number of hydrogen-bond acceptors (Lipinski definition) is 2. The van der Waals surface area contributed by atoms with Gasteiger partial charge in [-0.3, -0.25) is 0 Å². The van der Waals surface area contributed by atoms with E-state index >= 15 is 0 Å². The second kappa shape index (κ2) is 8.86. The third kappa shape index (κ3) is 9.11. The van der Waals surface area contributed by atoms with Crippen molar-refractivity contribution in [3.05, 3.63) is 7.11 Å². The van der Waals surface area contributed by atoms with Crippen LogP contribution < -0.4 is 0 Å². The third-order valence-electron chi connectivity index (χ3n) is 0.236. The molecule has 0 heterocycles. The van der Waals surface area contributed by atoms with Crippen molar-refractivity contribution in [1.82, 2.24) is 0 Å². The van der Waals surface area contributed by atoms with E-state index in [0.717, 1.165) is 0 Å². The van der Waals surface area contributed by atoms with Gasteiger partial charge in [0.05, 0.1) is 20.3 Å². The van der Waals surface area contributed by atoms with E-state index < -0.39 is 0 Å². The van der Waals surface area contributed by atoms with E-state index in [2.05, 4.69) is 11.8 Å². The number of rotatable bonds is 2. The van der Waals surface area contributed by atoms with Crippen molar-refractivity contribution in [2.45, 2.75) is 0 Å². The van der Waals surface area contributed by atoms with Crippen LogP contribution in [0.3, 0.4) is 0 Å². The Labute approximate surface area is 36.9 Å². The Morgan fingerprint density at radius 1 is 1.67 bits per heavy atom. The molecule has 0 aromatic carbocycles. The van der Waals surface area contributed by atoms with Crippen LogP contribution in [0.1, 0.15) is 0 Å². The van der Waals surface area contributed by atoms with Crippen LogP contribution in [0.2, 0.25) is 0 Å². The van der Waals surface area contributed by atoms with E-state index in [4.69, 9.17) is 5.11 Å². The van der Waals surface area contributed by atoms with Crippen LogP contribution in [-0.4, -0.2) is 23.8 Å². The Morgan fingerprint density at radius 2 is 2.17 bits per heavy atom. The minimum atomic E-state index is 0. The maximum Gasteiger partial charge on any atom is 0.0701 e. The molecule has 0 saturated heterocycles. The normalized spacial score (nSPS) is 7.00. The summed E-state index contributed by atoms with van der Waals surface area (Å²) in [6, 6.07) is 0. The Morgan fingerprint density at radius 3 is 2.17 bits per heavy atom. The molecule has 0 bridgehead atoms. The van der Waals surface area contributed by atoms with Gasteiger partial charge in [-0.15, -0.1) is 0 Å². The lowest BCUT2D eigenvalue weighted by Gasteiger charge is -1.83. The molecule has 39 valence electrons. The van der Waals surface area contributed by atoms with Crippen molar-refractivity contribution in [3.63, 3.8) is 0 Å². The summed E-state index contributed by atoms with van der Waals surface area (Å²) in [4.78, 5) is 0. The van der Waals surface area contributed by atoms with Gasteiger partial charge >= 0.3 is 0 Å². The molecular weight excluding hydrogens is 84.0 g/mol. The van der Waals surface area contributed by atoms with Gasteiger partial charge in [0.2, 0.25) is 0 Å². The lowest BCUT2D eigenvalue weighted by molar-refractivity contribution is 0.162. The fourth-order valence-corrected chi connectivity index (χ4v) is 0.0645. The lowest BCUT2D eigenvalue weighted by Crippen LogP contribution is -1.89. The van der Waals surface area contributed by atoms with Gasteiger partial charge in [-0.05, 0) is 0 Å². The first kappa shape index (κ1) is 9.30. The Hall–Kier alpha value is -0.120. The van der Waals surface area contributed by atoms with Crippen LogP contribution in [0.15, 0.2) is 0 Å². The second-order valence-corrected chi connectivity index (χ2v) is 0.632. The molecule has 0 unspecified atom stereocenters. The summed E-state index contributed by atoms with van der Waals surface area (Å²) in [5.41, 5.74) is 0. The zero-order chi connectivity index (χ0) is 4.12. The number of hydrogen-bond donors (Lipinski definition) is 1. The monoisotopic (exact) mass is 93.1 g/mol. The molecule has 0 amide bonds. The zero-order valence-corrected chi connectivity index (χ0v) is 3.48. The van der Waals surface area contributed by atoms with Crippen LogP contribution in [-0.2, 0) is 4.74 Å². The van der Waals surface area contributed by atoms with Gasteiger partial charge in [-0.2, -0.15) is 0 Å². The highest BCUT2D eigenvalue weighted by Gasteiger charge is 1.67. The fourth-order valence-electron chi connectivity index (χ4n) is 0.0645. The molecule has 0 aliphatic heterocycles. The summed E-state index contributed by atoms with van der Waals surface area (Å²) < 4.78 is 4.19. The largest absolute Gasteiger partial charge is 0.412 e. The highest BCUT2D eigenvalue weighted by Crippen LogP contribution is 1.59. The topological polar surface area (TPSA) is 61.0 Å². The minimum absolute atomic E-state index is 0. The summed E-state index contributed by atoms with van der Waals surface area (Å²) >= 11 is 0. The summed E-state index contributed by atoms with van der Waals surface area (Å²) in [5, 5.41) is 7.90. The van der Waals surface area contributed by atoms with Gasteiger partial charge in [-0.25, -0.2) is 0 Å². The van der Waals surface area contributed by atoms with Gasteiger partial charge in [0.15, 0.2) is 0 Å². The van der Waals surface area contributed by atoms with Crippen LogP contribution in [0.4, 0.5) is 0 Å². The summed E-state index contributed by atoms with van der Waals surface area (Å²) in [6.07, 6.45) is 0. The van der Waals surface area contributed by atoms with Gasteiger partial charge in [0.1, 0.15) is 0 Å². The predicted molar refractivity (Wildman–Crippen MR) is 22.0 cm³/mol. The first-order valence-electron chi connectivity index (χ1n) is 1.39. The average Bonchev–Trinajstić information content (AvgIpc) is 1.41. The van der Waals surface area contributed by atoms with E-state index in [-0.39, 0.29) is 12.1 Å². The van der Waals surface area contributed by atoms with E-state index in [1.807, 2.05) is 0 Å². The standard InChI is InChI=1S/C3H7O2.H2O/c1-5-3-2-4;/h4H,1-3H2;1H2. The SMILES string of the molecule is O.[CH2]OCCO. The molecule has 3 heteroatoms. The maximum atomic E-state index is 7.90. The molecule has 6 heavy (non-hydrogen) atoms. The molecule has 1 radical (unpaired) electrons. The van der Waals surface area contributed by atoms with Gasteiger partial charge in [0.25, 0.3) is 0 Å². The number of aliphatic hydroxyl groups excluding tert-OH is 1. The molecule has 0 fully saturated rings. The smallest absolute Gasteiger partial charge is 0.0701 e. The summed E-state index contributed by atoms with van der Waals surface area (Å²) in [5.74, 6) is 0. The first-order chi connectivity index (χ1) is 2.41. The molecule has 0 saturated carbocycles. The number of ether oxygens (including phenoxy) is 1. The second-order valence-electron chi connectivity index (χ2n) is 0.632. The van der Waals surface area contributed by atoms with E-state index in [9.17, 15) is 0 Å². The Kier molecular flexibility index (Phi) is 13.7. The Bertz CT molecular complexity index is 13.5. The highest BCUT2D eigenvalue weighted by atomic mass is 16.5. The Balaban J connectivity index is 0. The summed E-state index contributed by atoms with van der Waals surface area (Å²) in [6.45, 7) is 0.392. The summed E-state index contributed by atoms with van der Waals surface area (Å²) in [7, 11) is 3.02. The minimum Gasteiger partial charge on any atom is -0.412 e. The zero-order valence-electron chi connectivity index (χ0n) is 3.48. The molecule has 0 aromatic heterocycles. The van der Waals surface area contributed by atoms with Gasteiger partial charge in [-0.1, -0.05) is 0 Å². The first-order valence-corrected chi connectivity index (χ1v) is 1.39. The van der Waals surface area contributed by atoms with Crippen LogP contribution in [0.25, 0.3) is 0 Å². The molecule has 3 N–H and O–H groups in total. The van der Waals surface area contributed by atoms with Crippen molar-refractivity contribution >= 4 is 0 Å². The molecule has 0 spiro atoms. The fraction of sp³-hybridized carbons (Fsp3) is 0.667. The molecule has 0 aliphatic rings. The molecular formula is C3H9O3. The van der Waals surface area contributed by atoms with E-state index in [0.29, 0.717) is 6.61 Å². The van der Waals surface area contributed by atoms with Crippen molar-refractivity contribution < 1.29 is 15.3 Å². The van der Waals surface area contributed by atoms with Crippen molar-refractivity contribution in [2.24, 2.45) is 0 Å². The number of aliphatic hydroxyl groups is 1. The molecule has 0 aliphatic carbocycles. The average molecular weight is 93.1 g/mol. The van der Waals surface area contributed by atoms with Crippen molar-refractivity contribution in [1.29, 1.82) is 0 Å².